The number of ether oxygens (including phenoxy) is 3. The standard InChI is InChI=1S/C14H17F7O8S/c1-4-27-10(23)12(13(17,18)19,29-9(22)8(2)3)28-7-5-6-11(15,16)14(20,21)30(24,25)26/h2,4-7H2,1,3H3,(H,24,25,26). The number of alkyl halides is 7. The fourth-order valence-electron chi connectivity index (χ4n) is 1.67. The van der Waals surface area contributed by atoms with Gasteiger partial charge in [0.1, 0.15) is 0 Å². The van der Waals surface area contributed by atoms with Crippen LogP contribution in [-0.2, 0) is 33.9 Å². The molecule has 0 aliphatic heterocycles. The first-order valence-corrected chi connectivity index (χ1v) is 9.20. The Hall–Kier alpha value is -1.94. The largest absolute Gasteiger partial charge is 0.468 e. The molecule has 0 heterocycles. The van der Waals surface area contributed by atoms with Crippen molar-refractivity contribution in [3.8, 4) is 0 Å². The molecule has 0 fully saturated rings. The van der Waals surface area contributed by atoms with Gasteiger partial charge in [0.05, 0.1) is 13.2 Å². The number of hydrogen-bond donors (Lipinski definition) is 1. The van der Waals surface area contributed by atoms with Gasteiger partial charge in [-0.1, -0.05) is 6.58 Å². The molecule has 0 spiro atoms. The molecule has 0 bridgehead atoms. The van der Waals surface area contributed by atoms with Crippen LogP contribution in [-0.4, -0.2) is 61.3 Å². The van der Waals surface area contributed by atoms with E-state index < -0.39 is 76.8 Å². The molecule has 0 aromatic carbocycles. The minimum atomic E-state index is -6.55. The third kappa shape index (κ3) is 6.04. The predicted molar refractivity (Wildman–Crippen MR) is 83.0 cm³/mol. The Morgan fingerprint density at radius 3 is 1.93 bits per heavy atom. The van der Waals surface area contributed by atoms with E-state index in [1.165, 1.54) is 0 Å². The van der Waals surface area contributed by atoms with Crippen molar-refractivity contribution in [2.24, 2.45) is 0 Å². The van der Waals surface area contributed by atoms with Gasteiger partial charge in [-0.3, -0.25) is 4.55 Å². The van der Waals surface area contributed by atoms with Gasteiger partial charge in [-0.05, 0) is 20.3 Å². The van der Waals surface area contributed by atoms with Crippen LogP contribution >= 0.6 is 0 Å². The van der Waals surface area contributed by atoms with Crippen LogP contribution in [0.25, 0.3) is 0 Å². The molecule has 0 amide bonds. The van der Waals surface area contributed by atoms with Crippen LogP contribution < -0.4 is 0 Å². The second-order valence-corrected chi connectivity index (χ2v) is 7.12. The molecule has 0 aromatic heterocycles. The maximum Gasteiger partial charge on any atom is 0.468 e. The van der Waals surface area contributed by atoms with E-state index in [2.05, 4.69) is 20.8 Å². The maximum absolute atomic E-state index is 13.5. The van der Waals surface area contributed by atoms with E-state index in [4.69, 9.17) is 4.55 Å². The Bertz CT molecular complexity index is 763. The average molecular weight is 478 g/mol. The van der Waals surface area contributed by atoms with Gasteiger partial charge in [0, 0.05) is 12.0 Å². The van der Waals surface area contributed by atoms with Gasteiger partial charge in [-0.25, -0.2) is 9.59 Å². The number of halogens is 7. The molecule has 0 aliphatic carbocycles. The first-order valence-electron chi connectivity index (χ1n) is 7.76. The lowest BCUT2D eigenvalue weighted by Gasteiger charge is -2.32. The van der Waals surface area contributed by atoms with Crippen LogP contribution in [0.3, 0.4) is 0 Å². The molecular formula is C14H17F7O8S. The summed E-state index contributed by atoms with van der Waals surface area (Å²) in [4.78, 5) is 23.3. The second kappa shape index (κ2) is 9.47. The van der Waals surface area contributed by atoms with Gasteiger partial charge in [0.15, 0.2) is 0 Å². The van der Waals surface area contributed by atoms with Crippen LogP contribution in [0.2, 0.25) is 0 Å². The molecule has 0 rings (SSSR count). The zero-order chi connectivity index (χ0) is 24.2. The van der Waals surface area contributed by atoms with E-state index in [-0.39, 0.29) is 0 Å². The normalized spacial score (nSPS) is 15.3. The summed E-state index contributed by atoms with van der Waals surface area (Å²) in [6.45, 7) is 2.79. The van der Waals surface area contributed by atoms with E-state index in [0.717, 1.165) is 13.8 Å². The Morgan fingerprint density at radius 2 is 1.57 bits per heavy atom. The summed E-state index contributed by atoms with van der Waals surface area (Å²) < 4.78 is 135. The molecule has 1 unspecified atom stereocenters. The van der Waals surface area contributed by atoms with Crippen LogP contribution in [0.5, 0.6) is 0 Å². The van der Waals surface area contributed by atoms with Crippen molar-refractivity contribution >= 4 is 22.1 Å². The summed E-state index contributed by atoms with van der Waals surface area (Å²) in [7, 11) is -6.55. The minimum absolute atomic E-state index is 0.615. The molecule has 16 heteroatoms. The van der Waals surface area contributed by atoms with E-state index >= 15 is 0 Å². The summed E-state index contributed by atoms with van der Waals surface area (Å²) >= 11 is 0. The van der Waals surface area contributed by atoms with Gasteiger partial charge in [0.25, 0.3) is 0 Å². The Morgan fingerprint density at radius 1 is 1.07 bits per heavy atom. The van der Waals surface area contributed by atoms with Crippen molar-refractivity contribution in [3.05, 3.63) is 12.2 Å². The molecule has 0 saturated heterocycles. The topological polar surface area (TPSA) is 116 Å². The quantitative estimate of drug-likeness (QED) is 0.120. The van der Waals surface area contributed by atoms with E-state index in [0.29, 0.717) is 0 Å². The molecule has 30 heavy (non-hydrogen) atoms. The van der Waals surface area contributed by atoms with Crippen molar-refractivity contribution < 1.29 is 67.5 Å². The number of esters is 2. The third-order valence-corrected chi connectivity index (χ3v) is 4.14. The zero-order valence-corrected chi connectivity index (χ0v) is 16.2. The number of rotatable bonds is 11. The smallest absolute Gasteiger partial charge is 0.461 e. The maximum atomic E-state index is 13.5. The van der Waals surface area contributed by atoms with E-state index in [1.54, 1.807) is 0 Å². The van der Waals surface area contributed by atoms with Crippen LogP contribution in [0.4, 0.5) is 30.7 Å². The van der Waals surface area contributed by atoms with Gasteiger partial charge < -0.3 is 14.2 Å². The molecule has 1 N–H and O–H groups in total. The highest BCUT2D eigenvalue weighted by atomic mass is 32.2. The van der Waals surface area contributed by atoms with E-state index in [1.807, 2.05) is 0 Å². The van der Waals surface area contributed by atoms with Gasteiger partial charge in [-0.15, -0.1) is 0 Å². The summed E-state index contributed by atoms with van der Waals surface area (Å²) in [5, 5.41) is -5.95. The zero-order valence-electron chi connectivity index (χ0n) is 15.4. The van der Waals surface area contributed by atoms with Gasteiger partial charge >= 0.3 is 45.2 Å². The molecular weight excluding hydrogens is 461 g/mol. The van der Waals surface area contributed by atoms with E-state index in [9.17, 15) is 48.7 Å². The van der Waals surface area contributed by atoms with Crippen molar-refractivity contribution in [2.45, 2.75) is 49.8 Å². The van der Waals surface area contributed by atoms with Gasteiger partial charge in [-0.2, -0.15) is 39.2 Å². The van der Waals surface area contributed by atoms with Crippen LogP contribution in [0.15, 0.2) is 12.2 Å². The van der Waals surface area contributed by atoms with Crippen LogP contribution in [0.1, 0.15) is 26.7 Å². The minimum Gasteiger partial charge on any atom is -0.461 e. The first kappa shape index (κ1) is 28.1. The lowest BCUT2D eigenvalue weighted by molar-refractivity contribution is -0.355. The Kier molecular flexibility index (Phi) is 8.85. The van der Waals surface area contributed by atoms with Crippen molar-refractivity contribution in [3.63, 3.8) is 0 Å². The summed E-state index contributed by atoms with van der Waals surface area (Å²) in [6.07, 6.45) is -9.28. The summed E-state index contributed by atoms with van der Waals surface area (Å²) in [5.41, 5.74) is -0.615. The fourth-order valence-corrected chi connectivity index (χ4v) is 2.15. The Labute approximate surface area is 165 Å². The molecule has 8 nitrogen and oxygen atoms in total. The highest BCUT2D eigenvalue weighted by Gasteiger charge is 2.68. The lowest BCUT2D eigenvalue weighted by Crippen LogP contribution is -2.58. The Balaban J connectivity index is 5.67. The van der Waals surface area contributed by atoms with Crippen molar-refractivity contribution in [1.29, 1.82) is 0 Å². The molecule has 0 aromatic rings. The van der Waals surface area contributed by atoms with Crippen LogP contribution in [0, 0.1) is 0 Å². The first-order chi connectivity index (χ1) is 13.3. The molecule has 0 saturated carbocycles. The second-order valence-electron chi connectivity index (χ2n) is 5.65. The van der Waals surface area contributed by atoms with Crippen molar-refractivity contribution in [1.82, 2.24) is 0 Å². The van der Waals surface area contributed by atoms with Crippen molar-refractivity contribution in [2.75, 3.05) is 13.2 Å². The van der Waals surface area contributed by atoms with Gasteiger partial charge in [0.2, 0.25) is 0 Å². The number of hydrogen-bond acceptors (Lipinski definition) is 7. The molecule has 0 radical (unpaired) electrons. The highest BCUT2D eigenvalue weighted by Crippen LogP contribution is 2.42. The molecule has 0 aliphatic rings. The summed E-state index contributed by atoms with van der Waals surface area (Å²) in [5.74, 6) is -13.9. The third-order valence-electron chi connectivity index (χ3n) is 3.19. The molecule has 1 atom stereocenters. The monoisotopic (exact) mass is 478 g/mol. The summed E-state index contributed by atoms with van der Waals surface area (Å²) in [6, 6.07) is 0. The predicted octanol–water partition coefficient (Wildman–Crippen LogP) is 2.84. The highest BCUT2D eigenvalue weighted by molar-refractivity contribution is 7.87. The lowest BCUT2D eigenvalue weighted by atomic mass is 10.2. The average Bonchev–Trinajstić information content (AvgIpc) is 2.55. The molecule has 176 valence electrons. The fraction of sp³-hybridized carbons (Fsp3) is 0.714. The SMILES string of the molecule is C=C(C)C(=O)OC(OCCCC(F)(F)C(F)(F)S(=O)(=O)O)(C(=O)OCC)C(F)(F)F. The number of carbonyl (C=O) groups excluding carboxylic acids is 2. The number of carbonyl (C=O) groups is 2.